The Labute approximate surface area is 159 Å². The summed E-state index contributed by atoms with van der Waals surface area (Å²) < 4.78 is 26.9. The number of urea groups is 1. The first kappa shape index (κ1) is 17.8. The molecule has 0 aliphatic carbocycles. The molecule has 142 valence electrons. The first-order chi connectivity index (χ1) is 13.5. The van der Waals surface area contributed by atoms with Gasteiger partial charge < -0.3 is 15.5 Å². The normalized spacial score (nSPS) is 16.4. The van der Waals surface area contributed by atoms with Gasteiger partial charge in [0.1, 0.15) is 11.6 Å². The minimum atomic E-state index is -0.748. The number of carbonyl (C=O) groups excluding carboxylic acids is 2. The quantitative estimate of drug-likeness (QED) is 0.729. The molecular weight excluding hydrogens is 366 g/mol. The van der Waals surface area contributed by atoms with Crippen LogP contribution in [-0.4, -0.2) is 29.5 Å². The SMILES string of the molecule is O=C(Nc1cc(F)ccc1F)NC1CC(=O)N(c2cccc3cccnc23)C1. The number of hydrogen-bond donors (Lipinski definition) is 2. The van der Waals surface area contributed by atoms with Crippen molar-refractivity contribution in [3.8, 4) is 0 Å². The molecule has 1 aromatic heterocycles. The minimum absolute atomic E-state index is 0.0995. The fraction of sp³-hybridized carbons (Fsp3) is 0.150. The molecule has 1 atom stereocenters. The van der Waals surface area contributed by atoms with E-state index in [1.807, 2.05) is 24.3 Å². The number of pyridine rings is 1. The maximum absolute atomic E-state index is 13.7. The molecule has 1 saturated heterocycles. The van der Waals surface area contributed by atoms with Crippen molar-refractivity contribution >= 4 is 34.2 Å². The molecule has 1 aliphatic heterocycles. The van der Waals surface area contributed by atoms with E-state index in [1.54, 1.807) is 17.2 Å². The van der Waals surface area contributed by atoms with Crippen LogP contribution in [0.1, 0.15) is 6.42 Å². The fourth-order valence-corrected chi connectivity index (χ4v) is 3.28. The van der Waals surface area contributed by atoms with Gasteiger partial charge >= 0.3 is 6.03 Å². The van der Waals surface area contributed by atoms with Crippen LogP contribution in [0.2, 0.25) is 0 Å². The van der Waals surface area contributed by atoms with E-state index >= 15 is 0 Å². The Kier molecular flexibility index (Phi) is 4.60. The van der Waals surface area contributed by atoms with Gasteiger partial charge in [0.25, 0.3) is 0 Å². The summed E-state index contributed by atoms with van der Waals surface area (Å²) in [5.74, 6) is -1.56. The second kappa shape index (κ2) is 7.22. The van der Waals surface area contributed by atoms with Gasteiger partial charge in [0, 0.05) is 30.6 Å². The van der Waals surface area contributed by atoms with Crippen molar-refractivity contribution in [3.05, 3.63) is 66.4 Å². The molecule has 1 unspecified atom stereocenters. The first-order valence-corrected chi connectivity index (χ1v) is 8.68. The van der Waals surface area contributed by atoms with Crippen LogP contribution in [-0.2, 0) is 4.79 Å². The van der Waals surface area contributed by atoms with Gasteiger partial charge in [-0.05, 0) is 24.3 Å². The molecule has 4 rings (SSSR count). The highest BCUT2D eigenvalue weighted by Crippen LogP contribution is 2.28. The lowest BCUT2D eigenvalue weighted by atomic mass is 10.2. The van der Waals surface area contributed by atoms with Gasteiger partial charge in [-0.2, -0.15) is 0 Å². The van der Waals surface area contributed by atoms with Crippen LogP contribution in [0.5, 0.6) is 0 Å². The third-order valence-corrected chi connectivity index (χ3v) is 4.54. The molecular formula is C20H16F2N4O2. The summed E-state index contributed by atoms with van der Waals surface area (Å²) in [6, 6.07) is 10.9. The maximum Gasteiger partial charge on any atom is 0.319 e. The number of carbonyl (C=O) groups is 2. The summed E-state index contributed by atoms with van der Waals surface area (Å²) in [6.45, 7) is 0.258. The zero-order valence-electron chi connectivity index (χ0n) is 14.7. The number of para-hydroxylation sites is 1. The van der Waals surface area contributed by atoms with Crippen LogP contribution in [0.4, 0.5) is 25.0 Å². The monoisotopic (exact) mass is 382 g/mol. The van der Waals surface area contributed by atoms with Crippen molar-refractivity contribution in [1.82, 2.24) is 10.3 Å². The highest BCUT2D eigenvalue weighted by atomic mass is 19.1. The molecule has 0 saturated carbocycles. The van der Waals surface area contributed by atoms with E-state index in [2.05, 4.69) is 15.6 Å². The first-order valence-electron chi connectivity index (χ1n) is 8.68. The largest absolute Gasteiger partial charge is 0.333 e. The zero-order chi connectivity index (χ0) is 19.7. The van der Waals surface area contributed by atoms with Gasteiger partial charge in [-0.25, -0.2) is 13.6 Å². The molecule has 0 spiro atoms. The van der Waals surface area contributed by atoms with E-state index in [4.69, 9.17) is 0 Å². The number of halogens is 2. The van der Waals surface area contributed by atoms with E-state index in [0.717, 1.165) is 23.6 Å². The highest BCUT2D eigenvalue weighted by Gasteiger charge is 2.32. The van der Waals surface area contributed by atoms with Crippen LogP contribution in [0.15, 0.2) is 54.7 Å². The molecule has 0 bridgehead atoms. The average Bonchev–Trinajstić information content (AvgIpc) is 3.04. The zero-order valence-corrected chi connectivity index (χ0v) is 14.7. The van der Waals surface area contributed by atoms with E-state index in [0.29, 0.717) is 11.2 Å². The number of fused-ring (bicyclic) bond motifs is 1. The highest BCUT2D eigenvalue weighted by molar-refractivity contribution is 6.04. The third kappa shape index (κ3) is 3.48. The Hall–Kier alpha value is -3.55. The van der Waals surface area contributed by atoms with E-state index in [9.17, 15) is 18.4 Å². The van der Waals surface area contributed by atoms with Crippen molar-refractivity contribution in [3.63, 3.8) is 0 Å². The van der Waals surface area contributed by atoms with Gasteiger partial charge in [-0.1, -0.05) is 18.2 Å². The smallest absolute Gasteiger partial charge is 0.319 e. The molecule has 3 amide bonds. The summed E-state index contributed by atoms with van der Waals surface area (Å²) in [5.41, 5.74) is 1.10. The van der Waals surface area contributed by atoms with Crippen molar-refractivity contribution < 1.29 is 18.4 Å². The molecule has 0 radical (unpaired) electrons. The Balaban J connectivity index is 1.47. The molecule has 2 N–H and O–H groups in total. The lowest BCUT2D eigenvalue weighted by molar-refractivity contribution is -0.117. The van der Waals surface area contributed by atoms with Crippen LogP contribution in [0, 0.1) is 11.6 Å². The third-order valence-electron chi connectivity index (χ3n) is 4.54. The van der Waals surface area contributed by atoms with Gasteiger partial charge in [0.15, 0.2) is 0 Å². The summed E-state index contributed by atoms with van der Waals surface area (Å²) in [5, 5.41) is 5.81. The molecule has 1 fully saturated rings. The number of nitrogens with zero attached hydrogens (tertiary/aromatic N) is 2. The summed E-state index contributed by atoms with van der Waals surface area (Å²) in [4.78, 5) is 30.5. The number of amides is 3. The minimum Gasteiger partial charge on any atom is -0.333 e. The number of nitrogens with one attached hydrogen (secondary N) is 2. The Bertz CT molecular complexity index is 1070. The lowest BCUT2D eigenvalue weighted by Crippen LogP contribution is -2.40. The molecule has 28 heavy (non-hydrogen) atoms. The molecule has 3 aromatic rings. The number of benzene rings is 2. The molecule has 6 nitrogen and oxygen atoms in total. The predicted molar refractivity (Wildman–Crippen MR) is 101 cm³/mol. The molecule has 2 aromatic carbocycles. The molecule has 2 heterocycles. The van der Waals surface area contributed by atoms with Crippen LogP contribution in [0.3, 0.4) is 0 Å². The van der Waals surface area contributed by atoms with E-state index in [1.165, 1.54) is 0 Å². The number of aromatic nitrogens is 1. The standard InChI is InChI=1S/C20H16F2N4O2/c21-13-6-7-15(22)16(9-13)25-20(28)24-14-10-18(27)26(11-14)17-5-1-3-12-4-2-8-23-19(12)17/h1-9,14H,10-11H2,(H2,24,25,28). The van der Waals surface area contributed by atoms with Crippen molar-refractivity contribution in [1.29, 1.82) is 0 Å². The van der Waals surface area contributed by atoms with Gasteiger partial charge in [0.05, 0.1) is 22.9 Å². The second-order valence-corrected chi connectivity index (χ2v) is 6.48. The van der Waals surface area contributed by atoms with E-state index in [-0.39, 0.29) is 24.6 Å². The molecule has 8 heteroatoms. The number of anilines is 2. The van der Waals surface area contributed by atoms with Gasteiger partial charge in [0.2, 0.25) is 5.91 Å². The van der Waals surface area contributed by atoms with Crippen LogP contribution >= 0.6 is 0 Å². The van der Waals surface area contributed by atoms with Gasteiger partial charge in [-0.15, -0.1) is 0 Å². The topological polar surface area (TPSA) is 74.3 Å². The predicted octanol–water partition coefficient (Wildman–Crippen LogP) is 3.44. The van der Waals surface area contributed by atoms with Gasteiger partial charge in [-0.3, -0.25) is 9.78 Å². The van der Waals surface area contributed by atoms with Crippen molar-refractivity contribution in [2.24, 2.45) is 0 Å². The summed E-state index contributed by atoms with van der Waals surface area (Å²) in [7, 11) is 0. The average molecular weight is 382 g/mol. The Morgan fingerprint density at radius 3 is 2.82 bits per heavy atom. The van der Waals surface area contributed by atoms with Crippen LogP contribution < -0.4 is 15.5 Å². The summed E-state index contributed by atoms with van der Waals surface area (Å²) >= 11 is 0. The van der Waals surface area contributed by atoms with Crippen molar-refractivity contribution in [2.45, 2.75) is 12.5 Å². The lowest BCUT2D eigenvalue weighted by Gasteiger charge is -2.19. The molecule has 1 aliphatic rings. The second-order valence-electron chi connectivity index (χ2n) is 6.48. The fourth-order valence-electron chi connectivity index (χ4n) is 3.28. The maximum atomic E-state index is 13.7. The summed E-state index contributed by atoms with van der Waals surface area (Å²) in [6.07, 6.45) is 1.76. The Morgan fingerprint density at radius 1 is 1.14 bits per heavy atom. The van der Waals surface area contributed by atoms with Crippen LogP contribution in [0.25, 0.3) is 10.9 Å². The number of rotatable bonds is 3. The van der Waals surface area contributed by atoms with Crippen molar-refractivity contribution in [2.75, 3.05) is 16.8 Å². The van der Waals surface area contributed by atoms with E-state index < -0.39 is 23.7 Å². The number of hydrogen-bond acceptors (Lipinski definition) is 3. The Morgan fingerprint density at radius 2 is 1.96 bits per heavy atom.